The molecule has 0 bridgehead atoms. The van der Waals surface area contributed by atoms with E-state index in [-0.39, 0.29) is 11.8 Å². The number of benzene rings is 1. The fourth-order valence-corrected chi connectivity index (χ4v) is 4.43. The van der Waals surface area contributed by atoms with Crippen LogP contribution in [0.2, 0.25) is 0 Å². The third-order valence-electron chi connectivity index (χ3n) is 4.21. The molecule has 2 N–H and O–H groups in total. The highest BCUT2D eigenvalue weighted by Gasteiger charge is 2.34. The summed E-state index contributed by atoms with van der Waals surface area (Å²) in [5.74, 6) is 1.47. The summed E-state index contributed by atoms with van der Waals surface area (Å²) in [6, 6.07) is 8.24. The molecule has 2 aliphatic heterocycles. The molecule has 0 spiro atoms. The Morgan fingerprint density at radius 1 is 1.30 bits per heavy atom. The molecular formula is C15H18N2OS2. The highest BCUT2D eigenvalue weighted by molar-refractivity contribution is 7.99. The number of likely N-dealkylation sites (tertiary alicyclic amines) is 1. The van der Waals surface area contributed by atoms with Gasteiger partial charge in [0, 0.05) is 29.7 Å². The van der Waals surface area contributed by atoms with E-state index >= 15 is 0 Å². The van der Waals surface area contributed by atoms with Crippen molar-refractivity contribution in [2.24, 2.45) is 11.7 Å². The van der Waals surface area contributed by atoms with Crippen molar-refractivity contribution in [2.75, 3.05) is 18.8 Å². The molecule has 3 nitrogen and oxygen atoms in total. The maximum absolute atomic E-state index is 12.7. The van der Waals surface area contributed by atoms with Gasteiger partial charge in [-0.3, -0.25) is 4.79 Å². The highest BCUT2D eigenvalue weighted by atomic mass is 32.2. The zero-order chi connectivity index (χ0) is 14.1. The quantitative estimate of drug-likeness (QED) is 0.852. The average molecular weight is 306 g/mol. The summed E-state index contributed by atoms with van der Waals surface area (Å²) < 4.78 is 0. The van der Waals surface area contributed by atoms with Gasteiger partial charge in [0.15, 0.2) is 0 Å². The number of nitrogens with zero attached hydrogens (tertiary/aromatic N) is 1. The van der Waals surface area contributed by atoms with Gasteiger partial charge in [0.25, 0.3) is 0 Å². The molecule has 2 heterocycles. The standard InChI is InChI=1S/C15H18N2OS2/c16-14(19)10-5-7-17(8-6-10)15(18)12-9-20-13-4-2-1-3-11(12)13/h1-4,10,12H,5-9H2,(H2,16,19). The maximum atomic E-state index is 12.7. The van der Waals surface area contributed by atoms with Gasteiger partial charge in [-0.25, -0.2) is 0 Å². The van der Waals surface area contributed by atoms with Gasteiger partial charge in [0.05, 0.1) is 10.9 Å². The van der Waals surface area contributed by atoms with Gasteiger partial charge in [-0.1, -0.05) is 30.4 Å². The summed E-state index contributed by atoms with van der Waals surface area (Å²) in [6.45, 7) is 1.56. The Balaban J connectivity index is 1.68. The maximum Gasteiger partial charge on any atom is 0.231 e. The minimum Gasteiger partial charge on any atom is -0.393 e. The fraction of sp³-hybridized carbons (Fsp3) is 0.467. The molecule has 1 aromatic carbocycles. The molecule has 1 unspecified atom stereocenters. The number of carbonyl (C=O) groups is 1. The summed E-state index contributed by atoms with van der Waals surface area (Å²) in [4.78, 5) is 16.5. The first kappa shape index (κ1) is 13.9. The molecule has 3 rings (SSSR count). The van der Waals surface area contributed by atoms with E-state index in [0.29, 0.717) is 10.9 Å². The van der Waals surface area contributed by atoms with E-state index < -0.39 is 0 Å². The summed E-state index contributed by atoms with van der Waals surface area (Å²) in [5.41, 5.74) is 6.89. The van der Waals surface area contributed by atoms with Crippen molar-refractivity contribution in [1.29, 1.82) is 0 Å². The van der Waals surface area contributed by atoms with Gasteiger partial charge in [-0.2, -0.15) is 0 Å². The fourth-order valence-electron chi connectivity index (χ4n) is 2.97. The van der Waals surface area contributed by atoms with Crippen LogP contribution in [-0.2, 0) is 4.79 Å². The number of amides is 1. The third-order valence-corrected chi connectivity index (χ3v) is 5.72. The Labute approximate surface area is 128 Å². The monoisotopic (exact) mass is 306 g/mol. The van der Waals surface area contributed by atoms with Crippen LogP contribution in [0, 0.1) is 5.92 Å². The van der Waals surface area contributed by atoms with Crippen molar-refractivity contribution < 1.29 is 4.79 Å². The average Bonchev–Trinajstić information content (AvgIpc) is 2.90. The van der Waals surface area contributed by atoms with Crippen LogP contribution in [0.25, 0.3) is 0 Å². The zero-order valence-corrected chi connectivity index (χ0v) is 12.9. The van der Waals surface area contributed by atoms with Gasteiger partial charge in [-0.05, 0) is 24.5 Å². The number of hydrogen-bond acceptors (Lipinski definition) is 3. The number of rotatable bonds is 2. The number of nitrogens with two attached hydrogens (primary N) is 1. The summed E-state index contributed by atoms with van der Waals surface area (Å²) in [7, 11) is 0. The van der Waals surface area contributed by atoms with Crippen molar-refractivity contribution >= 4 is 34.9 Å². The largest absolute Gasteiger partial charge is 0.393 e. The predicted octanol–water partition coefficient (Wildman–Crippen LogP) is 2.40. The van der Waals surface area contributed by atoms with Gasteiger partial charge in [0.1, 0.15) is 0 Å². The number of thioether (sulfide) groups is 1. The van der Waals surface area contributed by atoms with E-state index in [1.54, 1.807) is 11.8 Å². The van der Waals surface area contributed by atoms with Crippen molar-refractivity contribution in [3.63, 3.8) is 0 Å². The lowest BCUT2D eigenvalue weighted by molar-refractivity contribution is -0.133. The number of carbonyl (C=O) groups excluding carboxylic acids is 1. The summed E-state index contributed by atoms with van der Waals surface area (Å²) >= 11 is 6.84. The molecule has 106 valence electrons. The molecule has 0 aromatic heterocycles. The minimum atomic E-state index is 0.0255. The Morgan fingerprint density at radius 2 is 2.00 bits per heavy atom. The molecule has 0 aliphatic carbocycles. The van der Waals surface area contributed by atoms with Gasteiger partial charge in [-0.15, -0.1) is 11.8 Å². The number of hydrogen-bond donors (Lipinski definition) is 1. The molecule has 20 heavy (non-hydrogen) atoms. The zero-order valence-electron chi connectivity index (χ0n) is 11.2. The van der Waals surface area contributed by atoms with E-state index in [1.165, 1.54) is 10.5 Å². The molecule has 1 fully saturated rings. The molecule has 1 amide bonds. The molecule has 2 aliphatic rings. The Bertz CT molecular complexity index is 538. The first-order valence-electron chi connectivity index (χ1n) is 6.96. The minimum absolute atomic E-state index is 0.0255. The topological polar surface area (TPSA) is 46.3 Å². The number of thiocarbonyl (C=S) groups is 1. The van der Waals surface area contributed by atoms with Gasteiger partial charge < -0.3 is 10.6 Å². The Hall–Kier alpha value is -1.07. The van der Waals surface area contributed by atoms with E-state index in [2.05, 4.69) is 12.1 Å². The summed E-state index contributed by atoms with van der Waals surface area (Å²) in [5, 5.41) is 0. The van der Waals surface area contributed by atoms with Crippen molar-refractivity contribution in [1.82, 2.24) is 4.90 Å². The Morgan fingerprint density at radius 3 is 2.70 bits per heavy atom. The highest BCUT2D eigenvalue weighted by Crippen LogP contribution is 2.40. The first-order chi connectivity index (χ1) is 9.66. The lowest BCUT2D eigenvalue weighted by atomic mass is 9.94. The van der Waals surface area contributed by atoms with Crippen LogP contribution in [0.4, 0.5) is 0 Å². The van der Waals surface area contributed by atoms with Crippen molar-refractivity contribution in [2.45, 2.75) is 23.7 Å². The predicted molar refractivity (Wildman–Crippen MR) is 86.0 cm³/mol. The van der Waals surface area contributed by atoms with Crippen LogP contribution in [0.3, 0.4) is 0 Å². The second kappa shape index (κ2) is 5.74. The van der Waals surface area contributed by atoms with Gasteiger partial charge in [0.2, 0.25) is 5.91 Å². The molecule has 1 atom stereocenters. The van der Waals surface area contributed by atoms with Gasteiger partial charge >= 0.3 is 0 Å². The number of fused-ring (bicyclic) bond motifs is 1. The lowest BCUT2D eigenvalue weighted by Crippen LogP contribution is -2.43. The van der Waals surface area contributed by atoms with Crippen molar-refractivity contribution in [3.8, 4) is 0 Å². The normalized spacial score (nSPS) is 22.6. The van der Waals surface area contributed by atoms with Crippen LogP contribution in [0.15, 0.2) is 29.2 Å². The van der Waals surface area contributed by atoms with Crippen LogP contribution in [-0.4, -0.2) is 34.6 Å². The van der Waals surface area contributed by atoms with Crippen LogP contribution >= 0.6 is 24.0 Å². The SMILES string of the molecule is NC(=S)C1CCN(C(=O)C2CSc3ccccc32)CC1. The summed E-state index contributed by atoms with van der Waals surface area (Å²) in [6.07, 6.45) is 1.81. The molecule has 0 radical (unpaired) electrons. The Kier molecular flexibility index (Phi) is 3.98. The molecule has 1 aromatic rings. The molecule has 0 saturated carbocycles. The van der Waals surface area contributed by atoms with E-state index in [0.717, 1.165) is 31.7 Å². The second-order valence-corrected chi connectivity index (χ2v) is 6.94. The lowest BCUT2D eigenvalue weighted by Gasteiger charge is -2.33. The van der Waals surface area contributed by atoms with E-state index in [9.17, 15) is 4.79 Å². The number of piperidine rings is 1. The van der Waals surface area contributed by atoms with Crippen LogP contribution in [0.5, 0.6) is 0 Å². The second-order valence-electron chi connectivity index (χ2n) is 5.40. The van der Waals surface area contributed by atoms with Crippen LogP contribution < -0.4 is 5.73 Å². The molecule has 5 heteroatoms. The van der Waals surface area contributed by atoms with E-state index in [1.807, 2.05) is 17.0 Å². The molecular weight excluding hydrogens is 288 g/mol. The molecule has 1 saturated heterocycles. The van der Waals surface area contributed by atoms with Crippen molar-refractivity contribution in [3.05, 3.63) is 29.8 Å². The third kappa shape index (κ3) is 2.56. The first-order valence-corrected chi connectivity index (χ1v) is 8.36. The smallest absolute Gasteiger partial charge is 0.231 e. The van der Waals surface area contributed by atoms with Crippen LogP contribution in [0.1, 0.15) is 24.3 Å². The van der Waals surface area contributed by atoms with E-state index in [4.69, 9.17) is 18.0 Å².